The molecular weight excluding hydrogens is 288 g/mol. The number of anilines is 1. The molecule has 1 aliphatic heterocycles. The van der Waals surface area contributed by atoms with Gasteiger partial charge in [-0.2, -0.15) is 0 Å². The van der Waals surface area contributed by atoms with Crippen LogP contribution in [-0.4, -0.2) is 24.4 Å². The fourth-order valence-corrected chi connectivity index (χ4v) is 2.44. The topological polar surface area (TPSA) is 49.4 Å². The van der Waals surface area contributed by atoms with Crippen molar-refractivity contribution in [1.29, 1.82) is 0 Å². The zero-order chi connectivity index (χ0) is 15.2. The van der Waals surface area contributed by atoms with E-state index in [1.165, 1.54) is 6.08 Å². The number of allylic oxidation sites excluding steroid dienone is 3. The molecule has 0 saturated carbocycles. The Hall–Kier alpha value is -2.07. The number of nitrogens with zero attached hydrogens (tertiary/aromatic N) is 1. The summed E-state index contributed by atoms with van der Waals surface area (Å²) in [6.45, 7) is 2.41. The molecule has 0 aliphatic carbocycles. The van der Waals surface area contributed by atoms with Gasteiger partial charge in [0.25, 0.3) is 0 Å². The second-order valence-corrected chi connectivity index (χ2v) is 5.08. The third-order valence-corrected chi connectivity index (χ3v) is 3.54. The number of benzene rings is 1. The highest BCUT2D eigenvalue weighted by atomic mass is 35.5. The fourth-order valence-electron chi connectivity index (χ4n) is 2.20. The van der Waals surface area contributed by atoms with Crippen LogP contribution in [0.4, 0.5) is 5.69 Å². The first-order valence-electron chi connectivity index (χ1n) is 6.79. The monoisotopic (exact) mass is 304 g/mol. The molecule has 21 heavy (non-hydrogen) atoms. The summed E-state index contributed by atoms with van der Waals surface area (Å²) in [4.78, 5) is 25.7. The lowest BCUT2D eigenvalue weighted by atomic mass is 10.2. The highest BCUT2D eigenvalue weighted by molar-refractivity contribution is 6.34. The predicted molar refractivity (Wildman–Crippen MR) is 84.3 cm³/mol. The molecule has 2 rings (SSSR count). The van der Waals surface area contributed by atoms with Gasteiger partial charge < -0.3 is 10.2 Å². The maximum Gasteiger partial charge on any atom is 0.249 e. The Morgan fingerprint density at radius 3 is 2.86 bits per heavy atom. The summed E-state index contributed by atoms with van der Waals surface area (Å²) in [6, 6.07) is 6.70. The van der Waals surface area contributed by atoms with Crippen LogP contribution in [0, 0.1) is 0 Å². The molecule has 0 aromatic heterocycles. The lowest BCUT2D eigenvalue weighted by molar-refractivity contribution is -0.123. The van der Waals surface area contributed by atoms with E-state index in [0.717, 1.165) is 0 Å². The van der Waals surface area contributed by atoms with Crippen LogP contribution in [0.3, 0.4) is 0 Å². The molecule has 0 bridgehead atoms. The molecule has 0 radical (unpaired) electrons. The molecule has 1 heterocycles. The maximum absolute atomic E-state index is 12.3. The van der Waals surface area contributed by atoms with E-state index in [1.54, 1.807) is 29.2 Å². The molecule has 1 fully saturated rings. The number of carbonyl (C=O) groups excluding carboxylic acids is 2. The molecule has 5 heteroatoms. The molecule has 1 saturated heterocycles. The number of nitrogens with one attached hydrogen (secondary N) is 1. The standard InChI is InChI=1S/C16H17ClN2O2/c1-2-3-4-9-15(20)18-13-10-11-19(16(13)21)14-8-6-5-7-12(14)17/h2-9,13H,10-11H2,1H3,(H,18,20). The number of hydrogen-bond acceptors (Lipinski definition) is 2. The highest BCUT2D eigenvalue weighted by Crippen LogP contribution is 2.28. The first-order chi connectivity index (χ1) is 10.1. The summed E-state index contributed by atoms with van der Waals surface area (Å²) >= 11 is 6.11. The number of hydrogen-bond donors (Lipinski definition) is 1. The fraction of sp³-hybridized carbons (Fsp3) is 0.250. The van der Waals surface area contributed by atoms with Crippen molar-refractivity contribution in [2.75, 3.05) is 11.4 Å². The van der Waals surface area contributed by atoms with Gasteiger partial charge in [0.05, 0.1) is 10.7 Å². The van der Waals surface area contributed by atoms with E-state index >= 15 is 0 Å². The molecule has 1 N–H and O–H groups in total. The van der Waals surface area contributed by atoms with Crippen molar-refractivity contribution in [2.45, 2.75) is 19.4 Å². The van der Waals surface area contributed by atoms with Crippen LogP contribution >= 0.6 is 11.6 Å². The first kappa shape index (κ1) is 15.3. The van der Waals surface area contributed by atoms with E-state index in [-0.39, 0.29) is 11.8 Å². The third-order valence-electron chi connectivity index (χ3n) is 3.22. The number of para-hydroxylation sites is 1. The van der Waals surface area contributed by atoms with Crippen molar-refractivity contribution in [3.8, 4) is 0 Å². The van der Waals surface area contributed by atoms with Crippen LogP contribution in [0.2, 0.25) is 5.02 Å². The SMILES string of the molecule is CC=CC=CC(=O)NC1CCN(c2ccccc2Cl)C1=O. The van der Waals surface area contributed by atoms with Gasteiger partial charge in [-0.05, 0) is 25.5 Å². The first-order valence-corrected chi connectivity index (χ1v) is 7.17. The molecule has 0 spiro atoms. The zero-order valence-electron chi connectivity index (χ0n) is 11.8. The van der Waals surface area contributed by atoms with Gasteiger partial charge in [0.1, 0.15) is 6.04 Å². The molecule has 1 aromatic rings. The van der Waals surface area contributed by atoms with Crippen molar-refractivity contribution in [1.82, 2.24) is 5.32 Å². The summed E-state index contributed by atoms with van der Waals surface area (Å²) < 4.78 is 0. The van der Waals surface area contributed by atoms with Crippen LogP contribution in [-0.2, 0) is 9.59 Å². The molecule has 1 aliphatic rings. The van der Waals surface area contributed by atoms with Crippen molar-refractivity contribution >= 4 is 29.1 Å². The molecular formula is C16H17ClN2O2. The third kappa shape index (κ3) is 3.73. The summed E-state index contributed by atoms with van der Waals surface area (Å²) in [5.74, 6) is -0.400. The normalized spacial score (nSPS) is 18.9. The van der Waals surface area contributed by atoms with Gasteiger partial charge in [0, 0.05) is 12.6 Å². The predicted octanol–water partition coefficient (Wildman–Crippen LogP) is 2.69. The van der Waals surface area contributed by atoms with E-state index in [9.17, 15) is 9.59 Å². The Balaban J connectivity index is 2.02. The number of carbonyl (C=O) groups is 2. The van der Waals surface area contributed by atoms with E-state index < -0.39 is 6.04 Å². The zero-order valence-corrected chi connectivity index (χ0v) is 12.5. The lowest BCUT2D eigenvalue weighted by Gasteiger charge is -2.18. The van der Waals surface area contributed by atoms with Crippen LogP contribution < -0.4 is 10.2 Å². The largest absolute Gasteiger partial charge is 0.341 e. The molecule has 2 amide bonds. The second kappa shape index (κ2) is 7.09. The van der Waals surface area contributed by atoms with Crippen LogP contribution in [0.25, 0.3) is 0 Å². The van der Waals surface area contributed by atoms with Gasteiger partial charge in [-0.15, -0.1) is 0 Å². The Kier molecular flexibility index (Phi) is 5.17. The Morgan fingerprint density at radius 1 is 1.38 bits per heavy atom. The van der Waals surface area contributed by atoms with E-state index in [4.69, 9.17) is 11.6 Å². The lowest BCUT2D eigenvalue weighted by Crippen LogP contribution is -2.40. The number of rotatable bonds is 4. The minimum Gasteiger partial charge on any atom is -0.341 e. The van der Waals surface area contributed by atoms with Crippen LogP contribution in [0.1, 0.15) is 13.3 Å². The smallest absolute Gasteiger partial charge is 0.249 e. The van der Waals surface area contributed by atoms with Crippen LogP contribution in [0.15, 0.2) is 48.6 Å². The van der Waals surface area contributed by atoms with Crippen molar-refractivity contribution in [3.63, 3.8) is 0 Å². The van der Waals surface area contributed by atoms with Crippen molar-refractivity contribution in [2.24, 2.45) is 0 Å². The molecule has 1 unspecified atom stereocenters. The quantitative estimate of drug-likeness (QED) is 0.687. The maximum atomic E-state index is 12.3. The van der Waals surface area contributed by atoms with Crippen molar-refractivity contribution in [3.05, 3.63) is 53.6 Å². The second-order valence-electron chi connectivity index (χ2n) is 4.68. The Bertz CT molecular complexity index is 596. The van der Waals surface area contributed by atoms with Crippen LogP contribution in [0.5, 0.6) is 0 Å². The molecule has 4 nitrogen and oxygen atoms in total. The number of halogens is 1. The van der Waals surface area contributed by atoms with Gasteiger partial charge in [-0.25, -0.2) is 0 Å². The van der Waals surface area contributed by atoms with Gasteiger partial charge in [0.2, 0.25) is 11.8 Å². The summed E-state index contributed by atoms with van der Waals surface area (Å²) in [6.07, 6.45) is 7.20. The summed E-state index contributed by atoms with van der Waals surface area (Å²) in [5, 5.41) is 3.25. The summed E-state index contributed by atoms with van der Waals surface area (Å²) in [5.41, 5.74) is 0.686. The van der Waals surface area contributed by atoms with Gasteiger partial charge in [-0.1, -0.05) is 42.0 Å². The van der Waals surface area contributed by atoms with E-state index in [1.807, 2.05) is 25.1 Å². The molecule has 110 valence electrons. The molecule has 1 atom stereocenters. The van der Waals surface area contributed by atoms with E-state index in [0.29, 0.717) is 23.7 Å². The van der Waals surface area contributed by atoms with Crippen molar-refractivity contribution < 1.29 is 9.59 Å². The minimum absolute atomic E-state index is 0.129. The Morgan fingerprint density at radius 2 is 2.14 bits per heavy atom. The molecule has 1 aromatic carbocycles. The Labute approximate surface area is 129 Å². The number of amides is 2. The average molecular weight is 305 g/mol. The van der Waals surface area contributed by atoms with Gasteiger partial charge >= 0.3 is 0 Å². The van der Waals surface area contributed by atoms with E-state index in [2.05, 4.69) is 5.32 Å². The van der Waals surface area contributed by atoms with Gasteiger partial charge in [-0.3, -0.25) is 9.59 Å². The minimum atomic E-state index is -0.496. The van der Waals surface area contributed by atoms with Gasteiger partial charge in [0.15, 0.2) is 0 Å². The summed E-state index contributed by atoms with van der Waals surface area (Å²) in [7, 11) is 0. The highest BCUT2D eigenvalue weighted by Gasteiger charge is 2.33. The average Bonchev–Trinajstić information content (AvgIpc) is 2.81.